The Balaban J connectivity index is 1.51. The summed E-state index contributed by atoms with van der Waals surface area (Å²) in [5.74, 6) is -0.206. The number of benzene rings is 2. The molecular weight excluding hydrogens is 398 g/mol. The summed E-state index contributed by atoms with van der Waals surface area (Å²) in [6.07, 6.45) is 0.294. The standard InChI is InChI=1S/C21H22ClNO4S/c22-18-8-4-3-7-17(18)20-9-10-23(11-12-28(20,25)26)21(24)19-13-15-5-1-2-6-16(15)14-27-19/h1-8,19-20H,9-14H2/t19-,20+/m1/s1. The summed E-state index contributed by atoms with van der Waals surface area (Å²) in [6, 6.07) is 15.0. The Hall–Kier alpha value is -1.89. The van der Waals surface area contributed by atoms with Gasteiger partial charge in [0.2, 0.25) is 0 Å². The number of nitrogens with zero attached hydrogens (tertiary/aromatic N) is 1. The van der Waals surface area contributed by atoms with E-state index < -0.39 is 21.2 Å². The van der Waals surface area contributed by atoms with Crippen LogP contribution in [0.25, 0.3) is 0 Å². The SMILES string of the molecule is O=C([C@H]1Cc2ccccc2CO1)N1CC[C@@H](c2ccccc2Cl)S(=O)(=O)CC1. The van der Waals surface area contributed by atoms with Gasteiger partial charge >= 0.3 is 0 Å². The molecule has 28 heavy (non-hydrogen) atoms. The van der Waals surface area contributed by atoms with E-state index >= 15 is 0 Å². The first-order valence-electron chi connectivity index (χ1n) is 9.39. The van der Waals surface area contributed by atoms with Crippen LogP contribution < -0.4 is 0 Å². The highest BCUT2D eigenvalue weighted by atomic mass is 35.5. The monoisotopic (exact) mass is 419 g/mol. The van der Waals surface area contributed by atoms with Crippen LogP contribution in [0.2, 0.25) is 5.02 Å². The molecule has 0 radical (unpaired) electrons. The van der Waals surface area contributed by atoms with Gasteiger partial charge in [-0.2, -0.15) is 0 Å². The summed E-state index contributed by atoms with van der Waals surface area (Å²) in [5, 5.41) is -0.241. The van der Waals surface area contributed by atoms with Crippen LogP contribution in [0, 0.1) is 0 Å². The molecule has 1 amide bonds. The van der Waals surface area contributed by atoms with E-state index in [1.165, 1.54) is 0 Å². The van der Waals surface area contributed by atoms with Crippen LogP contribution in [0.5, 0.6) is 0 Å². The van der Waals surface area contributed by atoms with Crippen molar-refractivity contribution in [1.82, 2.24) is 4.90 Å². The van der Waals surface area contributed by atoms with E-state index in [1.54, 1.807) is 29.2 Å². The van der Waals surface area contributed by atoms with E-state index in [1.807, 2.05) is 24.3 Å². The second-order valence-electron chi connectivity index (χ2n) is 7.26. The van der Waals surface area contributed by atoms with Gasteiger partial charge in [0.15, 0.2) is 9.84 Å². The van der Waals surface area contributed by atoms with Crippen LogP contribution in [0.3, 0.4) is 0 Å². The summed E-state index contributed by atoms with van der Waals surface area (Å²) >= 11 is 6.24. The van der Waals surface area contributed by atoms with Gasteiger partial charge in [0.1, 0.15) is 6.10 Å². The number of ether oxygens (including phenoxy) is 1. The molecule has 1 fully saturated rings. The van der Waals surface area contributed by atoms with Crippen LogP contribution in [0.4, 0.5) is 0 Å². The van der Waals surface area contributed by atoms with E-state index in [0.29, 0.717) is 36.6 Å². The van der Waals surface area contributed by atoms with Crippen LogP contribution in [-0.4, -0.2) is 44.2 Å². The molecule has 5 nitrogen and oxygen atoms in total. The van der Waals surface area contributed by atoms with Gasteiger partial charge in [-0.3, -0.25) is 4.79 Å². The molecule has 2 aromatic rings. The van der Waals surface area contributed by atoms with Crippen molar-refractivity contribution in [2.45, 2.75) is 30.8 Å². The number of fused-ring (bicyclic) bond motifs is 1. The molecule has 0 aromatic heterocycles. The molecule has 7 heteroatoms. The quantitative estimate of drug-likeness (QED) is 0.750. The summed E-state index contributed by atoms with van der Waals surface area (Å²) in [7, 11) is -3.40. The molecule has 148 valence electrons. The second-order valence-corrected chi connectivity index (χ2v) is 9.97. The molecule has 0 aliphatic carbocycles. The predicted molar refractivity (Wildman–Crippen MR) is 108 cm³/mol. The second kappa shape index (κ2) is 7.85. The number of halogens is 1. The first-order chi connectivity index (χ1) is 13.5. The molecule has 2 atom stereocenters. The minimum atomic E-state index is -3.40. The summed E-state index contributed by atoms with van der Waals surface area (Å²) in [5.41, 5.74) is 2.83. The van der Waals surface area contributed by atoms with Crippen LogP contribution in [-0.2, 0) is 32.4 Å². The number of sulfone groups is 1. The van der Waals surface area contributed by atoms with Crippen LogP contribution >= 0.6 is 11.6 Å². The molecule has 2 aromatic carbocycles. The zero-order chi connectivity index (χ0) is 19.7. The fourth-order valence-corrected chi connectivity index (χ4v) is 6.11. The highest BCUT2D eigenvalue weighted by Crippen LogP contribution is 2.34. The highest BCUT2D eigenvalue weighted by molar-refractivity contribution is 7.91. The average molecular weight is 420 g/mol. The van der Waals surface area contributed by atoms with Gasteiger partial charge < -0.3 is 9.64 Å². The third kappa shape index (κ3) is 3.81. The van der Waals surface area contributed by atoms with E-state index in [-0.39, 0.29) is 18.2 Å². The van der Waals surface area contributed by atoms with Gasteiger partial charge in [-0.15, -0.1) is 0 Å². The third-order valence-corrected chi connectivity index (χ3v) is 8.00. The van der Waals surface area contributed by atoms with Crippen molar-refractivity contribution in [3.8, 4) is 0 Å². The van der Waals surface area contributed by atoms with Crippen molar-refractivity contribution in [2.24, 2.45) is 0 Å². The van der Waals surface area contributed by atoms with Crippen LogP contribution in [0.1, 0.15) is 28.4 Å². The first kappa shape index (κ1) is 19.4. The number of rotatable bonds is 2. The maximum absolute atomic E-state index is 13.0. The minimum Gasteiger partial charge on any atom is -0.363 e. The molecule has 4 rings (SSSR count). The molecule has 2 heterocycles. The Labute approximate surface area is 170 Å². The Morgan fingerprint density at radius 1 is 1.04 bits per heavy atom. The van der Waals surface area contributed by atoms with Crippen molar-refractivity contribution in [1.29, 1.82) is 0 Å². The highest BCUT2D eigenvalue weighted by Gasteiger charge is 2.36. The molecular formula is C21H22ClNO4S. The normalized spacial score (nSPS) is 24.2. The van der Waals surface area contributed by atoms with Crippen molar-refractivity contribution >= 4 is 27.3 Å². The lowest BCUT2D eigenvalue weighted by molar-refractivity contribution is -0.145. The molecule has 0 spiro atoms. The van der Waals surface area contributed by atoms with Crippen molar-refractivity contribution < 1.29 is 17.9 Å². The van der Waals surface area contributed by atoms with Crippen molar-refractivity contribution in [2.75, 3.05) is 18.8 Å². The third-order valence-electron chi connectivity index (χ3n) is 5.54. The Morgan fingerprint density at radius 2 is 1.75 bits per heavy atom. The fourth-order valence-electron chi connectivity index (χ4n) is 3.96. The van der Waals surface area contributed by atoms with Gasteiger partial charge in [0.05, 0.1) is 17.6 Å². The number of hydrogen-bond acceptors (Lipinski definition) is 4. The molecule has 2 aliphatic rings. The van der Waals surface area contributed by atoms with Gasteiger partial charge in [-0.25, -0.2) is 8.42 Å². The topological polar surface area (TPSA) is 63.7 Å². The Morgan fingerprint density at radius 3 is 2.54 bits per heavy atom. The number of amides is 1. The maximum atomic E-state index is 13.0. The zero-order valence-electron chi connectivity index (χ0n) is 15.4. The Kier molecular flexibility index (Phi) is 5.45. The molecule has 2 aliphatic heterocycles. The van der Waals surface area contributed by atoms with E-state index in [9.17, 15) is 13.2 Å². The van der Waals surface area contributed by atoms with Crippen molar-refractivity contribution in [3.05, 3.63) is 70.2 Å². The van der Waals surface area contributed by atoms with Crippen LogP contribution in [0.15, 0.2) is 48.5 Å². The van der Waals surface area contributed by atoms with Gasteiger partial charge in [0.25, 0.3) is 5.91 Å². The zero-order valence-corrected chi connectivity index (χ0v) is 17.0. The molecule has 0 saturated carbocycles. The lowest BCUT2D eigenvalue weighted by atomic mass is 9.98. The first-order valence-corrected chi connectivity index (χ1v) is 11.5. The molecule has 0 N–H and O–H groups in total. The smallest absolute Gasteiger partial charge is 0.252 e. The van der Waals surface area contributed by atoms with Crippen molar-refractivity contribution in [3.63, 3.8) is 0 Å². The lowest BCUT2D eigenvalue weighted by Crippen LogP contribution is -2.44. The predicted octanol–water partition coefficient (Wildman–Crippen LogP) is 3.17. The van der Waals surface area contributed by atoms with E-state index in [4.69, 9.17) is 16.3 Å². The number of carbonyl (C=O) groups excluding carboxylic acids is 1. The van der Waals surface area contributed by atoms with Gasteiger partial charge in [-0.1, -0.05) is 54.1 Å². The lowest BCUT2D eigenvalue weighted by Gasteiger charge is -2.29. The Bertz CT molecular complexity index is 991. The molecule has 0 unspecified atom stereocenters. The number of carbonyl (C=O) groups is 1. The minimum absolute atomic E-state index is 0.0715. The largest absolute Gasteiger partial charge is 0.363 e. The molecule has 0 bridgehead atoms. The summed E-state index contributed by atoms with van der Waals surface area (Å²) in [6.45, 7) is 0.958. The van der Waals surface area contributed by atoms with E-state index in [0.717, 1.165) is 11.1 Å². The summed E-state index contributed by atoms with van der Waals surface area (Å²) < 4.78 is 31.5. The maximum Gasteiger partial charge on any atom is 0.252 e. The molecule has 1 saturated heterocycles. The van der Waals surface area contributed by atoms with E-state index in [2.05, 4.69) is 0 Å². The average Bonchev–Trinajstić information content (AvgIpc) is 2.85. The number of hydrogen-bond donors (Lipinski definition) is 0. The van der Waals surface area contributed by atoms with Gasteiger partial charge in [0, 0.05) is 24.5 Å². The van der Waals surface area contributed by atoms with Gasteiger partial charge in [-0.05, 0) is 29.2 Å². The summed E-state index contributed by atoms with van der Waals surface area (Å²) in [4.78, 5) is 14.6. The fraction of sp³-hybridized carbons (Fsp3) is 0.381.